The van der Waals surface area contributed by atoms with Crippen LogP contribution < -0.4 is 10.6 Å². The number of hydrogen-bond donors (Lipinski definition) is 2. The number of carbonyl (C=O) groups excluding carboxylic acids is 3. The monoisotopic (exact) mass is 523 g/mol. The number of nitrogens with one attached hydrogen (secondary N) is 2. The van der Waals surface area contributed by atoms with Gasteiger partial charge in [0.25, 0.3) is 0 Å². The number of carbonyl (C=O) groups is 3. The summed E-state index contributed by atoms with van der Waals surface area (Å²) in [5.41, 5.74) is 1.31. The quantitative estimate of drug-likeness (QED) is 0.405. The van der Waals surface area contributed by atoms with Gasteiger partial charge in [-0.05, 0) is 65.0 Å². The minimum atomic E-state index is -0.900. The molecule has 0 spiro atoms. The van der Waals surface area contributed by atoms with Crippen LogP contribution in [0.1, 0.15) is 84.5 Å². The van der Waals surface area contributed by atoms with E-state index in [4.69, 9.17) is 4.74 Å². The van der Waals surface area contributed by atoms with Crippen LogP contribution in [0.4, 0.5) is 4.79 Å². The first kappa shape index (κ1) is 30.9. The highest BCUT2D eigenvalue weighted by Crippen LogP contribution is 2.33. The minimum Gasteiger partial charge on any atom is -0.444 e. The van der Waals surface area contributed by atoms with Crippen molar-refractivity contribution in [2.75, 3.05) is 0 Å². The molecule has 0 aromatic heterocycles. The first-order valence-corrected chi connectivity index (χ1v) is 13.4. The van der Waals surface area contributed by atoms with E-state index in [1.54, 1.807) is 25.7 Å². The summed E-state index contributed by atoms with van der Waals surface area (Å²) in [6.45, 7) is 17.2. The van der Waals surface area contributed by atoms with Crippen LogP contribution in [0.2, 0.25) is 0 Å². The molecule has 3 amide bonds. The van der Waals surface area contributed by atoms with Crippen molar-refractivity contribution in [2.24, 2.45) is 5.92 Å². The molecule has 0 fully saturated rings. The number of amides is 3. The molecule has 0 aliphatic carbocycles. The molecule has 0 aliphatic rings. The molecule has 2 rings (SSSR count). The van der Waals surface area contributed by atoms with Crippen LogP contribution in [0.5, 0.6) is 0 Å². The topological polar surface area (TPSA) is 87.7 Å². The predicted molar refractivity (Wildman–Crippen MR) is 151 cm³/mol. The van der Waals surface area contributed by atoms with E-state index in [2.05, 4.69) is 10.6 Å². The third kappa shape index (κ3) is 8.61. The fraction of sp³-hybridized carbons (Fsp3) is 0.516. The summed E-state index contributed by atoms with van der Waals surface area (Å²) in [7, 11) is 0. The van der Waals surface area contributed by atoms with Gasteiger partial charge in [0.05, 0.1) is 0 Å². The van der Waals surface area contributed by atoms with Crippen LogP contribution in [-0.4, -0.2) is 40.0 Å². The number of alkyl carbamates (subject to hydrolysis) is 1. The lowest BCUT2D eigenvalue weighted by Gasteiger charge is -2.45. The van der Waals surface area contributed by atoms with Crippen molar-refractivity contribution in [3.05, 3.63) is 71.3 Å². The van der Waals surface area contributed by atoms with E-state index < -0.39 is 29.3 Å². The summed E-state index contributed by atoms with van der Waals surface area (Å²) in [4.78, 5) is 42.6. The van der Waals surface area contributed by atoms with Crippen molar-refractivity contribution in [1.29, 1.82) is 0 Å². The van der Waals surface area contributed by atoms with Gasteiger partial charge in [0, 0.05) is 12.1 Å². The van der Waals surface area contributed by atoms with Gasteiger partial charge >= 0.3 is 6.09 Å². The maximum atomic E-state index is 14.3. The number of rotatable bonds is 10. The lowest BCUT2D eigenvalue weighted by Crippen LogP contribution is -2.60. The minimum absolute atomic E-state index is 0.240. The van der Waals surface area contributed by atoms with Gasteiger partial charge in [-0.3, -0.25) is 9.59 Å². The van der Waals surface area contributed by atoms with Crippen LogP contribution >= 0.6 is 0 Å². The molecule has 0 aliphatic heterocycles. The Morgan fingerprint density at radius 2 is 1.50 bits per heavy atom. The van der Waals surface area contributed by atoms with Crippen LogP contribution in [-0.2, 0) is 20.9 Å². The second kappa shape index (κ2) is 12.9. The summed E-state index contributed by atoms with van der Waals surface area (Å²) < 4.78 is 5.45. The van der Waals surface area contributed by atoms with Crippen LogP contribution in [0.25, 0.3) is 0 Å². The van der Waals surface area contributed by atoms with Crippen molar-refractivity contribution in [1.82, 2.24) is 15.5 Å². The zero-order valence-corrected chi connectivity index (χ0v) is 24.4. The molecule has 208 valence electrons. The molecule has 0 saturated carbocycles. The van der Waals surface area contributed by atoms with E-state index in [9.17, 15) is 14.4 Å². The Bertz CT molecular complexity index is 1070. The number of ether oxygens (including phenoxy) is 1. The first-order chi connectivity index (χ1) is 17.7. The molecule has 0 heterocycles. The van der Waals surface area contributed by atoms with Crippen LogP contribution in [0.15, 0.2) is 54.6 Å². The molecule has 0 saturated heterocycles. The largest absolute Gasteiger partial charge is 0.444 e. The molecule has 7 nitrogen and oxygen atoms in total. The number of aryl methyl sites for hydroxylation is 1. The Labute approximate surface area is 228 Å². The van der Waals surface area contributed by atoms with Gasteiger partial charge in [0.15, 0.2) is 0 Å². The van der Waals surface area contributed by atoms with Gasteiger partial charge < -0.3 is 20.3 Å². The highest BCUT2D eigenvalue weighted by Gasteiger charge is 2.43. The Kier molecular flexibility index (Phi) is 10.5. The zero-order chi connectivity index (χ0) is 28.7. The fourth-order valence-electron chi connectivity index (χ4n) is 4.09. The Hall–Kier alpha value is -3.35. The Balaban J connectivity index is 2.54. The van der Waals surface area contributed by atoms with Crippen molar-refractivity contribution in [3.63, 3.8) is 0 Å². The van der Waals surface area contributed by atoms with E-state index >= 15 is 0 Å². The molecular formula is C31H45N3O4. The van der Waals surface area contributed by atoms with Crippen LogP contribution in [0, 0.1) is 12.8 Å². The van der Waals surface area contributed by atoms with E-state index in [0.29, 0.717) is 18.5 Å². The second-order valence-electron chi connectivity index (χ2n) is 11.8. The Morgan fingerprint density at radius 1 is 0.921 bits per heavy atom. The normalized spacial score (nSPS) is 13.4. The molecule has 0 radical (unpaired) electrons. The Morgan fingerprint density at radius 3 is 2.00 bits per heavy atom. The molecule has 2 aromatic carbocycles. The van der Waals surface area contributed by atoms with Crippen molar-refractivity contribution >= 4 is 17.9 Å². The molecule has 2 aromatic rings. The van der Waals surface area contributed by atoms with Crippen molar-refractivity contribution in [2.45, 2.75) is 98.5 Å². The third-order valence-corrected chi connectivity index (χ3v) is 6.57. The van der Waals surface area contributed by atoms with Crippen molar-refractivity contribution < 1.29 is 19.1 Å². The van der Waals surface area contributed by atoms with E-state index in [1.807, 2.05) is 96.1 Å². The zero-order valence-electron chi connectivity index (χ0n) is 24.4. The van der Waals surface area contributed by atoms with Gasteiger partial charge in [-0.2, -0.15) is 0 Å². The highest BCUT2D eigenvalue weighted by molar-refractivity contribution is 5.92. The van der Waals surface area contributed by atoms with E-state index in [0.717, 1.165) is 11.1 Å². The highest BCUT2D eigenvalue weighted by atomic mass is 16.6. The van der Waals surface area contributed by atoms with E-state index in [-0.39, 0.29) is 17.7 Å². The average Bonchev–Trinajstić information content (AvgIpc) is 2.84. The lowest BCUT2D eigenvalue weighted by molar-refractivity contribution is -0.150. The molecule has 2 N–H and O–H groups in total. The van der Waals surface area contributed by atoms with Gasteiger partial charge in [0.2, 0.25) is 11.8 Å². The SMILES string of the molecule is CCC(C)(C)N(C(=O)C(NC(=O)OC(C)(C)C)C(C)C)C(C(=O)NCc1ccccc1)c1ccc(C)cc1. The molecule has 2 atom stereocenters. The number of benzene rings is 2. The van der Waals surface area contributed by atoms with Gasteiger partial charge in [0.1, 0.15) is 17.7 Å². The molecule has 0 bridgehead atoms. The average molecular weight is 524 g/mol. The predicted octanol–water partition coefficient (Wildman–Crippen LogP) is 5.92. The second-order valence-corrected chi connectivity index (χ2v) is 11.8. The fourth-order valence-corrected chi connectivity index (χ4v) is 4.09. The van der Waals surface area contributed by atoms with Gasteiger partial charge in [-0.1, -0.05) is 80.9 Å². The van der Waals surface area contributed by atoms with Gasteiger partial charge in [-0.25, -0.2) is 4.79 Å². The third-order valence-electron chi connectivity index (χ3n) is 6.57. The summed E-state index contributed by atoms with van der Waals surface area (Å²) >= 11 is 0. The first-order valence-electron chi connectivity index (χ1n) is 13.4. The maximum absolute atomic E-state index is 14.3. The van der Waals surface area contributed by atoms with E-state index in [1.165, 1.54) is 0 Å². The summed E-state index contributed by atoms with van der Waals surface area (Å²) in [6, 6.07) is 15.5. The smallest absolute Gasteiger partial charge is 0.408 e. The summed E-state index contributed by atoms with van der Waals surface area (Å²) in [5, 5.41) is 5.82. The maximum Gasteiger partial charge on any atom is 0.408 e. The van der Waals surface area contributed by atoms with Crippen molar-refractivity contribution in [3.8, 4) is 0 Å². The number of hydrogen-bond acceptors (Lipinski definition) is 4. The van der Waals surface area contributed by atoms with Crippen LogP contribution in [0.3, 0.4) is 0 Å². The summed E-state index contributed by atoms with van der Waals surface area (Å²) in [5.74, 6) is -0.860. The molecule has 2 unspecified atom stereocenters. The summed E-state index contributed by atoms with van der Waals surface area (Å²) in [6.07, 6.45) is -0.0659. The van der Waals surface area contributed by atoms with Gasteiger partial charge in [-0.15, -0.1) is 0 Å². The molecule has 7 heteroatoms. The standard InChI is InChI=1S/C31H45N3O4/c1-10-31(8,9)34(28(36)25(21(2)3)33-29(37)38-30(5,6)7)26(24-18-16-22(4)17-19-24)27(35)32-20-23-14-12-11-13-15-23/h11-19,21,25-26H,10,20H2,1-9H3,(H,32,35)(H,33,37). The molecular weight excluding hydrogens is 478 g/mol. The number of nitrogens with zero attached hydrogens (tertiary/aromatic N) is 1. The lowest BCUT2D eigenvalue weighted by atomic mass is 9.90. The molecule has 38 heavy (non-hydrogen) atoms.